The predicted octanol–water partition coefficient (Wildman–Crippen LogP) is 5.60. The number of thiazole rings is 1. The number of amides is 1. The van der Waals surface area contributed by atoms with Crippen LogP contribution in [-0.4, -0.2) is 10.9 Å². The van der Waals surface area contributed by atoms with Crippen LogP contribution in [0.15, 0.2) is 46.9 Å². The summed E-state index contributed by atoms with van der Waals surface area (Å²) >= 11 is 13.5. The second-order valence-corrected chi connectivity index (χ2v) is 6.64. The van der Waals surface area contributed by atoms with E-state index in [2.05, 4.69) is 10.3 Å². The van der Waals surface area contributed by atoms with E-state index in [-0.39, 0.29) is 11.7 Å². The summed E-state index contributed by atoms with van der Waals surface area (Å²) in [6.45, 7) is 0. The van der Waals surface area contributed by atoms with Gasteiger partial charge in [0.1, 0.15) is 11.1 Å². The maximum Gasteiger partial charge on any atom is 0.293 e. The van der Waals surface area contributed by atoms with Crippen molar-refractivity contribution in [3.05, 3.63) is 58.3 Å². The summed E-state index contributed by atoms with van der Waals surface area (Å²) < 4.78 is 6.27. The summed E-state index contributed by atoms with van der Waals surface area (Å²) in [7, 11) is 0. The highest BCUT2D eigenvalue weighted by Gasteiger charge is 2.16. The molecule has 0 radical (unpaired) electrons. The van der Waals surface area contributed by atoms with Crippen molar-refractivity contribution >= 4 is 66.8 Å². The molecule has 2 aromatic heterocycles. The molecule has 0 unspecified atom stereocenters. The number of furan rings is 1. The van der Waals surface area contributed by atoms with Crippen LogP contribution in [0.25, 0.3) is 21.2 Å². The van der Waals surface area contributed by atoms with Gasteiger partial charge in [-0.2, -0.15) is 0 Å². The molecule has 0 fully saturated rings. The molecule has 1 N–H and O–H groups in total. The molecule has 0 atom stereocenters. The molecule has 0 aliphatic heterocycles. The van der Waals surface area contributed by atoms with Gasteiger partial charge in [0.15, 0.2) is 10.9 Å². The number of anilines is 1. The maximum absolute atomic E-state index is 12.3. The summed E-state index contributed by atoms with van der Waals surface area (Å²) in [5.74, 6) is -0.143. The Morgan fingerprint density at radius 3 is 2.70 bits per heavy atom. The maximum atomic E-state index is 12.3. The summed E-state index contributed by atoms with van der Waals surface area (Å²) in [6, 6.07) is 12.5. The smallest absolute Gasteiger partial charge is 0.293 e. The topological polar surface area (TPSA) is 55.1 Å². The Morgan fingerprint density at radius 1 is 1.13 bits per heavy atom. The highest BCUT2D eigenvalue weighted by molar-refractivity contribution is 7.23. The van der Waals surface area contributed by atoms with Crippen molar-refractivity contribution in [2.24, 2.45) is 0 Å². The second kappa shape index (κ2) is 5.53. The molecule has 4 rings (SSSR count). The highest BCUT2D eigenvalue weighted by atomic mass is 35.5. The number of hydrogen-bond donors (Lipinski definition) is 1. The monoisotopic (exact) mass is 362 g/mol. The van der Waals surface area contributed by atoms with E-state index >= 15 is 0 Å². The summed E-state index contributed by atoms with van der Waals surface area (Å²) in [5, 5.41) is 5.04. The molecule has 0 bridgehead atoms. The molecule has 114 valence electrons. The molecule has 0 saturated carbocycles. The average Bonchev–Trinajstić information content (AvgIpc) is 3.15. The Labute approximate surface area is 144 Å². The number of hydrogen-bond acceptors (Lipinski definition) is 4. The van der Waals surface area contributed by atoms with E-state index < -0.39 is 0 Å². The van der Waals surface area contributed by atoms with Crippen molar-refractivity contribution in [3.63, 3.8) is 0 Å². The fourth-order valence-electron chi connectivity index (χ4n) is 2.25. The first kappa shape index (κ1) is 14.5. The first-order valence-corrected chi connectivity index (χ1v) is 8.23. The summed E-state index contributed by atoms with van der Waals surface area (Å²) in [4.78, 5) is 16.6. The van der Waals surface area contributed by atoms with Crippen molar-refractivity contribution in [3.8, 4) is 0 Å². The van der Waals surface area contributed by atoms with Crippen LogP contribution in [0.3, 0.4) is 0 Å². The zero-order valence-corrected chi connectivity index (χ0v) is 13.8. The second-order valence-electron chi connectivity index (χ2n) is 4.83. The quantitative estimate of drug-likeness (QED) is 0.504. The number of para-hydroxylation sites is 1. The van der Waals surface area contributed by atoms with Crippen LogP contribution < -0.4 is 5.32 Å². The average molecular weight is 363 g/mol. The number of fused-ring (bicyclic) bond motifs is 2. The van der Waals surface area contributed by atoms with Gasteiger partial charge in [-0.25, -0.2) is 4.98 Å². The Morgan fingerprint density at radius 2 is 1.91 bits per heavy atom. The van der Waals surface area contributed by atoms with Crippen molar-refractivity contribution in [1.82, 2.24) is 4.98 Å². The van der Waals surface area contributed by atoms with Gasteiger partial charge >= 0.3 is 0 Å². The van der Waals surface area contributed by atoms with E-state index in [4.69, 9.17) is 27.6 Å². The van der Waals surface area contributed by atoms with E-state index in [0.29, 0.717) is 26.3 Å². The standard InChI is InChI=1S/C16H8Cl2N2O2S/c17-9-5-6-10(18)14-13(9)19-16(23-14)20-15(21)12-7-8-3-1-2-4-11(8)22-12/h1-7H,(H,19,20,21). The predicted molar refractivity (Wildman–Crippen MR) is 93.8 cm³/mol. The molecule has 23 heavy (non-hydrogen) atoms. The number of carbonyl (C=O) groups is 1. The van der Waals surface area contributed by atoms with Gasteiger partial charge in [-0.15, -0.1) is 0 Å². The Hall–Kier alpha value is -2.08. The van der Waals surface area contributed by atoms with Gasteiger partial charge in [0, 0.05) is 5.39 Å². The van der Waals surface area contributed by atoms with E-state index in [1.807, 2.05) is 24.3 Å². The van der Waals surface area contributed by atoms with Gasteiger partial charge in [-0.3, -0.25) is 10.1 Å². The van der Waals surface area contributed by atoms with E-state index in [1.165, 1.54) is 11.3 Å². The van der Waals surface area contributed by atoms with Crippen molar-refractivity contribution in [1.29, 1.82) is 0 Å². The largest absolute Gasteiger partial charge is 0.451 e. The Bertz CT molecular complexity index is 983. The normalized spacial score (nSPS) is 11.2. The molecule has 1 amide bonds. The zero-order valence-electron chi connectivity index (χ0n) is 11.5. The number of aromatic nitrogens is 1. The van der Waals surface area contributed by atoms with Crippen LogP contribution >= 0.6 is 34.5 Å². The molecule has 4 nitrogen and oxygen atoms in total. The van der Waals surface area contributed by atoms with Gasteiger partial charge in [-0.1, -0.05) is 52.7 Å². The number of halogens is 2. The van der Waals surface area contributed by atoms with Gasteiger partial charge < -0.3 is 4.42 Å². The molecule has 7 heteroatoms. The highest BCUT2D eigenvalue weighted by Crippen LogP contribution is 2.36. The van der Waals surface area contributed by atoms with Crippen LogP contribution in [0.2, 0.25) is 10.0 Å². The fourth-order valence-corrected chi connectivity index (χ4v) is 3.67. The third kappa shape index (κ3) is 2.57. The minimum absolute atomic E-state index is 0.225. The van der Waals surface area contributed by atoms with Gasteiger partial charge in [-0.05, 0) is 24.3 Å². The van der Waals surface area contributed by atoms with E-state index in [9.17, 15) is 4.79 Å². The van der Waals surface area contributed by atoms with Gasteiger partial charge in [0.25, 0.3) is 5.91 Å². The first-order chi connectivity index (χ1) is 11.1. The lowest BCUT2D eigenvalue weighted by Gasteiger charge is -1.96. The molecule has 2 aromatic carbocycles. The van der Waals surface area contributed by atoms with Crippen molar-refractivity contribution < 1.29 is 9.21 Å². The first-order valence-electron chi connectivity index (χ1n) is 6.66. The molecule has 0 aliphatic carbocycles. The van der Waals surface area contributed by atoms with E-state index in [1.54, 1.807) is 18.2 Å². The van der Waals surface area contributed by atoms with Crippen LogP contribution in [0.5, 0.6) is 0 Å². The molecule has 0 aliphatic rings. The molecular formula is C16H8Cl2N2O2S. The van der Waals surface area contributed by atoms with Crippen LogP contribution in [0, 0.1) is 0 Å². The summed E-state index contributed by atoms with van der Waals surface area (Å²) in [6.07, 6.45) is 0. The van der Waals surface area contributed by atoms with Crippen LogP contribution in [0.1, 0.15) is 10.6 Å². The molecule has 0 saturated heterocycles. The SMILES string of the molecule is O=C(Nc1nc2c(Cl)ccc(Cl)c2s1)c1cc2ccccc2o1. The van der Waals surface area contributed by atoms with Crippen LogP contribution in [0.4, 0.5) is 5.13 Å². The van der Waals surface area contributed by atoms with Gasteiger partial charge in [0.2, 0.25) is 0 Å². The number of nitrogens with one attached hydrogen (secondary N) is 1. The molecular weight excluding hydrogens is 355 g/mol. The number of rotatable bonds is 2. The number of nitrogens with zero attached hydrogens (tertiary/aromatic N) is 1. The van der Waals surface area contributed by atoms with Crippen LogP contribution in [-0.2, 0) is 0 Å². The molecule has 2 heterocycles. The third-order valence-corrected chi connectivity index (χ3v) is 5.05. The number of benzene rings is 2. The molecule has 4 aromatic rings. The summed E-state index contributed by atoms with van der Waals surface area (Å²) in [5.41, 5.74) is 1.23. The number of carbonyl (C=O) groups excluding carboxylic acids is 1. The van der Waals surface area contributed by atoms with E-state index in [0.717, 1.165) is 10.1 Å². The lowest BCUT2D eigenvalue weighted by atomic mass is 10.2. The third-order valence-electron chi connectivity index (χ3n) is 3.32. The van der Waals surface area contributed by atoms with Gasteiger partial charge in [0.05, 0.1) is 14.7 Å². The van der Waals surface area contributed by atoms with Crippen molar-refractivity contribution in [2.75, 3.05) is 5.32 Å². The lowest BCUT2D eigenvalue weighted by Crippen LogP contribution is -2.10. The lowest BCUT2D eigenvalue weighted by molar-refractivity contribution is 0.0998. The van der Waals surface area contributed by atoms with Crippen molar-refractivity contribution in [2.45, 2.75) is 0 Å². The fraction of sp³-hybridized carbons (Fsp3) is 0. The molecule has 0 spiro atoms. The zero-order chi connectivity index (χ0) is 16.0. The minimum atomic E-state index is -0.368. The Kier molecular flexibility index (Phi) is 3.49. The Balaban J connectivity index is 1.68. The minimum Gasteiger partial charge on any atom is -0.451 e.